The molecule has 0 bridgehead atoms. The molecule has 2 amide bonds. The van der Waals surface area contributed by atoms with Crippen molar-refractivity contribution in [2.24, 2.45) is 0 Å². The minimum atomic E-state index is -1.13. The van der Waals surface area contributed by atoms with E-state index in [0.29, 0.717) is 0 Å². The third kappa shape index (κ3) is 4.85. The molecule has 1 aliphatic carbocycles. The van der Waals surface area contributed by atoms with Gasteiger partial charge < -0.3 is 14.6 Å². The molecule has 1 unspecified atom stereocenters. The van der Waals surface area contributed by atoms with Crippen LogP contribution in [-0.4, -0.2) is 22.8 Å². The lowest BCUT2D eigenvalue weighted by Crippen LogP contribution is -2.46. The van der Waals surface area contributed by atoms with Gasteiger partial charge in [-0.2, -0.15) is 0 Å². The zero-order valence-corrected chi connectivity index (χ0v) is 17.2. The van der Waals surface area contributed by atoms with Gasteiger partial charge in [0.05, 0.1) is 6.26 Å². The first-order valence-corrected chi connectivity index (χ1v) is 10.6. The Morgan fingerprint density at radius 1 is 1.00 bits per heavy atom. The number of halogens is 1. The zero-order valence-electron chi connectivity index (χ0n) is 17.2. The number of hydrogen-bond donors (Lipinski definition) is 1. The maximum absolute atomic E-state index is 14.9. The molecule has 160 valence electrons. The number of nitrogens with zero attached hydrogens (tertiary/aromatic N) is 1. The monoisotopic (exact) mass is 420 g/mol. The Morgan fingerprint density at radius 3 is 2.39 bits per heavy atom. The highest BCUT2D eigenvalue weighted by molar-refractivity contribution is 5.96. The molecule has 4 rings (SSSR count). The molecule has 1 atom stereocenters. The minimum Gasteiger partial charge on any atom is -0.459 e. The van der Waals surface area contributed by atoms with Gasteiger partial charge in [-0.15, -0.1) is 0 Å². The Kier molecular flexibility index (Phi) is 6.46. The van der Waals surface area contributed by atoms with Crippen LogP contribution < -0.4 is 5.32 Å². The fourth-order valence-electron chi connectivity index (χ4n) is 4.10. The van der Waals surface area contributed by atoms with Crippen LogP contribution in [0, 0.1) is 5.82 Å². The summed E-state index contributed by atoms with van der Waals surface area (Å²) in [7, 11) is 0. The van der Waals surface area contributed by atoms with E-state index in [1.165, 1.54) is 17.2 Å². The maximum Gasteiger partial charge on any atom is 0.290 e. The predicted molar refractivity (Wildman–Crippen MR) is 115 cm³/mol. The van der Waals surface area contributed by atoms with E-state index in [0.717, 1.165) is 31.2 Å². The lowest BCUT2D eigenvalue weighted by Gasteiger charge is -2.32. The largest absolute Gasteiger partial charge is 0.459 e. The molecule has 1 fully saturated rings. The van der Waals surface area contributed by atoms with Gasteiger partial charge in [-0.05, 0) is 36.6 Å². The van der Waals surface area contributed by atoms with Crippen LogP contribution in [0.15, 0.2) is 77.4 Å². The number of furan rings is 1. The highest BCUT2D eigenvalue weighted by atomic mass is 19.1. The molecule has 0 saturated heterocycles. The average molecular weight is 420 g/mol. The predicted octanol–water partition coefficient (Wildman–Crippen LogP) is 4.86. The summed E-state index contributed by atoms with van der Waals surface area (Å²) in [5.74, 6) is -1.28. The summed E-state index contributed by atoms with van der Waals surface area (Å²) in [6, 6.07) is 17.5. The highest BCUT2D eigenvalue weighted by Crippen LogP contribution is 2.29. The van der Waals surface area contributed by atoms with E-state index < -0.39 is 17.8 Å². The van der Waals surface area contributed by atoms with E-state index in [9.17, 15) is 14.0 Å². The van der Waals surface area contributed by atoms with Crippen LogP contribution in [0.2, 0.25) is 0 Å². The fraction of sp³-hybridized carbons (Fsp3) is 0.280. The van der Waals surface area contributed by atoms with Crippen LogP contribution in [0.3, 0.4) is 0 Å². The van der Waals surface area contributed by atoms with Crippen molar-refractivity contribution in [1.29, 1.82) is 0 Å². The molecule has 1 aromatic heterocycles. The first-order valence-electron chi connectivity index (χ1n) is 10.6. The van der Waals surface area contributed by atoms with E-state index in [1.54, 1.807) is 30.3 Å². The number of carbonyl (C=O) groups is 2. The number of nitrogens with one attached hydrogen (secondary N) is 1. The smallest absolute Gasteiger partial charge is 0.290 e. The molecule has 0 spiro atoms. The molecule has 1 aliphatic rings. The first kappa shape index (κ1) is 20.8. The summed E-state index contributed by atoms with van der Waals surface area (Å²) >= 11 is 0. The van der Waals surface area contributed by atoms with Gasteiger partial charge in [0.2, 0.25) is 5.91 Å². The number of benzene rings is 2. The van der Waals surface area contributed by atoms with Crippen LogP contribution in [0.25, 0.3) is 0 Å². The topological polar surface area (TPSA) is 62.6 Å². The average Bonchev–Trinajstić information content (AvgIpc) is 3.49. The summed E-state index contributed by atoms with van der Waals surface area (Å²) < 4.78 is 20.2. The van der Waals surface area contributed by atoms with Crippen LogP contribution in [0.4, 0.5) is 4.39 Å². The third-order valence-electron chi connectivity index (χ3n) is 5.65. The van der Waals surface area contributed by atoms with E-state index in [-0.39, 0.29) is 29.8 Å². The van der Waals surface area contributed by atoms with Gasteiger partial charge >= 0.3 is 0 Å². The normalized spacial score (nSPS) is 14.9. The van der Waals surface area contributed by atoms with Gasteiger partial charge in [0.15, 0.2) is 5.76 Å². The highest BCUT2D eigenvalue weighted by Gasteiger charge is 2.36. The fourth-order valence-corrected chi connectivity index (χ4v) is 4.10. The van der Waals surface area contributed by atoms with Crippen molar-refractivity contribution in [2.75, 3.05) is 0 Å². The van der Waals surface area contributed by atoms with Gasteiger partial charge in [-0.25, -0.2) is 4.39 Å². The second-order valence-corrected chi connectivity index (χ2v) is 7.81. The Labute approximate surface area is 180 Å². The summed E-state index contributed by atoms with van der Waals surface area (Å²) in [6.45, 7) is 0.136. The van der Waals surface area contributed by atoms with E-state index >= 15 is 0 Å². The van der Waals surface area contributed by atoms with Crippen molar-refractivity contribution in [3.8, 4) is 0 Å². The quantitative estimate of drug-likeness (QED) is 0.594. The Morgan fingerprint density at radius 2 is 1.71 bits per heavy atom. The summed E-state index contributed by atoms with van der Waals surface area (Å²) in [4.78, 5) is 28.2. The number of hydrogen-bond acceptors (Lipinski definition) is 3. The number of carbonyl (C=O) groups excluding carboxylic acids is 2. The van der Waals surface area contributed by atoms with Gasteiger partial charge in [0.1, 0.15) is 11.9 Å². The lowest BCUT2D eigenvalue weighted by atomic mass is 10.0. The Hall–Kier alpha value is -3.41. The van der Waals surface area contributed by atoms with E-state index in [2.05, 4.69) is 5.32 Å². The van der Waals surface area contributed by atoms with Crippen molar-refractivity contribution in [3.05, 3.63) is 95.7 Å². The van der Waals surface area contributed by atoms with Crippen molar-refractivity contribution in [3.63, 3.8) is 0 Å². The SMILES string of the molecule is O=C(NC1CCCC1)C(c1ccccc1F)N(Cc1ccccc1)C(=O)c1ccco1. The van der Waals surface area contributed by atoms with Crippen molar-refractivity contribution < 1.29 is 18.4 Å². The zero-order chi connectivity index (χ0) is 21.6. The van der Waals surface area contributed by atoms with Crippen LogP contribution in [0.5, 0.6) is 0 Å². The van der Waals surface area contributed by atoms with Crippen LogP contribution in [0.1, 0.15) is 53.4 Å². The van der Waals surface area contributed by atoms with Crippen molar-refractivity contribution in [2.45, 2.75) is 44.3 Å². The number of amides is 2. The molecular formula is C25H25FN2O3. The maximum atomic E-state index is 14.9. The summed E-state index contributed by atoms with van der Waals surface area (Å²) in [5, 5.41) is 3.04. The molecule has 6 heteroatoms. The lowest BCUT2D eigenvalue weighted by molar-refractivity contribution is -0.127. The molecule has 3 aromatic rings. The van der Waals surface area contributed by atoms with Crippen molar-refractivity contribution >= 4 is 11.8 Å². The van der Waals surface area contributed by atoms with E-state index in [4.69, 9.17) is 4.42 Å². The van der Waals surface area contributed by atoms with E-state index in [1.807, 2.05) is 30.3 Å². The van der Waals surface area contributed by atoms with Gasteiger partial charge in [0.25, 0.3) is 5.91 Å². The van der Waals surface area contributed by atoms with Crippen LogP contribution in [-0.2, 0) is 11.3 Å². The minimum absolute atomic E-state index is 0.0408. The summed E-state index contributed by atoms with van der Waals surface area (Å²) in [6.07, 6.45) is 5.29. The molecule has 1 N–H and O–H groups in total. The molecule has 0 aliphatic heterocycles. The first-order chi connectivity index (χ1) is 15.1. The van der Waals surface area contributed by atoms with Crippen LogP contribution >= 0.6 is 0 Å². The second-order valence-electron chi connectivity index (χ2n) is 7.81. The molecule has 1 saturated carbocycles. The van der Waals surface area contributed by atoms with Crippen molar-refractivity contribution in [1.82, 2.24) is 10.2 Å². The third-order valence-corrected chi connectivity index (χ3v) is 5.65. The Bertz CT molecular complexity index is 1010. The molecular weight excluding hydrogens is 395 g/mol. The Balaban J connectivity index is 1.75. The van der Waals surface area contributed by atoms with Gasteiger partial charge in [-0.3, -0.25) is 9.59 Å². The molecule has 31 heavy (non-hydrogen) atoms. The molecule has 0 radical (unpaired) electrons. The second kappa shape index (κ2) is 9.60. The number of rotatable bonds is 7. The molecule has 5 nitrogen and oxygen atoms in total. The molecule has 1 heterocycles. The van der Waals surface area contributed by atoms with Gasteiger partial charge in [-0.1, -0.05) is 61.4 Å². The molecule has 2 aromatic carbocycles. The summed E-state index contributed by atoms with van der Waals surface area (Å²) in [5.41, 5.74) is 0.992. The standard InChI is InChI=1S/C25H25FN2O3/c26-21-14-7-6-13-20(21)23(24(29)27-19-11-4-5-12-19)28(17-18-9-2-1-3-10-18)25(30)22-15-8-16-31-22/h1-3,6-10,13-16,19,23H,4-5,11-12,17H2,(H,27,29). The van der Waals surface area contributed by atoms with Gasteiger partial charge in [0, 0.05) is 18.2 Å².